The van der Waals surface area contributed by atoms with E-state index in [9.17, 15) is 4.79 Å². The van der Waals surface area contributed by atoms with Crippen molar-refractivity contribution < 1.29 is 0 Å². The largest absolute Gasteiger partial charge is 0.343 e. The molecule has 0 bridgehead atoms. The van der Waals surface area contributed by atoms with Crippen LogP contribution in [0.2, 0.25) is 5.02 Å². The van der Waals surface area contributed by atoms with Gasteiger partial charge in [-0.2, -0.15) is 14.7 Å². The Bertz CT molecular complexity index is 1120. The number of rotatable bonds is 4. The average Bonchev–Trinajstić information content (AvgIpc) is 3.18. The zero-order chi connectivity index (χ0) is 18.3. The van der Waals surface area contributed by atoms with E-state index in [1.165, 1.54) is 10.1 Å². The molecule has 26 heavy (non-hydrogen) atoms. The first-order valence-electron chi connectivity index (χ1n) is 8.39. The summed E-state index contributed by atoms with van der Waals surface area (Å²) in [4.78, 5) is 15.8. The number of aromatic nitrogens is 5. The molecule has 0 unspecified atom stereocenters. The van der Waals surface area contributed by atoms with Gasteiger partial charge >= 0.3 is 0 Å². The lowest BCUT2D eigenvalue weighted by Gasteiger charge is -2.05. The van der Waals surface area contributed by atoms with Crippen LogP contribution in [0.25, 0.3) is 16.8 Å². The van der Waals surface area contributed by atoms with Gasteiger partial charge in [0, 0.05) is 28.0 Å². The second-order valence-corrected chi connectivity index (χ2v) is 6.81. The third-order valence-electron chi connectivity index (χ3n) is 4.63. The van der Waals surface area contributed by atoms with Crippen molar-refractivity contribution in [3.8, 4) is 11.1 Å². The molecule has 0 spiro atoms. The Morgan fingerprint density at radius 3 is 2.62 bits per heavy atom. The SMILES string of the molecule is Cc1n[nH]c(C)c1CCc1cc(=O)n2ncc(-c3ccc(Cl)cc3)c2[nH]1. The molecule has 0 saturated heterocycles. The number of nitrogens with one attached hydrogen (secondary N) is 2. The number of halogens is 1. The summed E-state index contributed by atoms with van der Waals surface area (Å²) in [5.74, 6) is 0. The predicted molar refractivity (Wildman–Crippen MR) is 102 cm³/mol. The van der Waals surface area contributed by atoms with Gasteiger partial charge in [0.2, 0.25) is 0 Å². The molecule has 2 N–H and O–H groups in total. The zero-order valence-corrected chi connectivity index (χ0v) is 15.3. The third kappa shape index (κ3) is 2.93. The van der Waals surface area contributed by atoms with Crippen molar-refractivity contribution in [2.75, 3.05) is 0 Å². The highest BCUT2D eigenvalue weighted by atomic mass is 35.5. The highest BCUT2D eigenvalue weighted by Gasteiger charge is 2.12. The molecule has 3 heterocycles. The van der Waals surface area contributed by atoms with Crippen LogP contribution in [0.15, 0.2) is 41.3 Å². The van der Waals surface area contributed by atoms with Crippen molar-refractivity contribution in [2.24, 2.45) is 0 Å². The monoisotopic (exact) mass is 367 g/mol. The lowest BCUT2D eigenvalue weighted by molar-refractivity contribution is 0.848. The zero-order valence-electron chi connectivity index (χ0n) is 14.5. The molecule has 0 atom stereocenters. The van der Waals surface area contributed by atoms with Crippen molar-refractivity contribution >= 4 is 17.2 Å². The van der Waals surface area contributed by atoms with Gasteiger partial charge < -0.3 is 4.98 Å². The maximum absolute atomic E-state index is 12.4. The second-order valence-electron chi connectivity index (χ2n) is 6.37. The molecule has 0 fully saturated rings. The Labute approximate surface area is 154 Å². The summed E-state index contributed by atoms with van der Waals surface area (Å²) in [6.07, 6.45) is 3.23. The number of hydrogen-bond donors (Lipinski definition) is 2. The van der Waals surface area contributed by atoms with Crippen molar-refractivity contribution in [3.63, 3.8) is 0 Å². The summed E-state index contributed by atoms with van der Waals surface area (Å²) < 4.78 is 1.39. The number of H-pyrrole nitrogens is 2. The predicted octanol–water partition coefficient (Wildman–Crippen LogP) is 3.47. The van der Waals surface area contributed by atoms with E-state index in [1.807, 2.05) is 38.1 Å². The van der Waals surface area contributed by atoms with Gasteiger partial charge in [0.1, 0.15) is 5.65 Å². The normalized spacial score (nSPS) is 11.3. The Balaban J connectivity index is 1.72. The third-order valence-corrected chi connectivity index (χ3v) is 4.89. The number of benzene rings is 1. The van der Waals surface area contributed by atoms with Gasteiger partial charge in [0.15, 0.2) is 0 Å². The first-order valence-corrected chi connectivity index (χ1v) is 8.77. The number of aromatic amines is 2. The van der Waals surface area contributed by atoms with Gasteiger partial charge in [-0.05, 0) is 49.9 Å². The standard InChI is InChI=1S/C19H18ClN5O/c1-11-16(12(2)24-23-11)8-7-15-9-18(26)25-19(22-15)17(10-21-25)13-3-5-14(20)6-4-13/h3-6,9-10,22H,7-8H2,1-2H3,(H,23,24). The number of aryl methyl sites for hydroxylation is 3. The summed E-state index contributed by atoms with van der Waals surface area (Å²) in [6, 6.07) is 9.10. The molecule has 1 aromatic carbocycles. The molecule has 7 heteroatoms. The molecule has 0 radical (unpaired) electrons. The van der Waals surface area contributed by atoms with Crippen molar-refractivity contribution in [3.05, 3.63) is 74.6 Å². The van der Waals surface area contributed by atoms with E-state index in [0.29, 0.717) is 10.7 Å². The van der Waals surface area contributed by atoms with Crippen LogP contribution >= 0.6 is 11.6 Å². The van der Waals surface area contributed by atoms with E-state index < -0.39 is 0 Å². The van der Waals surface area contributed by atoms with Gasteiger partial charge in [-0.25, -0.2) is 0 Å². The van der Waals surface area contributed by atoms with Crippen LogP contribution in [-0.2, 0) is 12.8 Å². The molecule has 3 aromatic heterocycles. The highest BCUT2D eigenvalue weighted by molar-refractivity contribution is 6.30. The fraction of sp³-hybridized carbons (Fsp3) is 0.211. The first kappa shape index (κ1) is 16.6. The summed E-state index contributed by atoms with van der Waals surface area (Å²) in [5.41, 5.74) is 6.50. The van der Waals surface area contributed by atoms with Crippen LogP contribution in [0.5, 0.6) is 0 Å². The number of fused-ring (bicyclic) bond motifs is 1. The minimum Gasteiger partial charge on any atom is -0.343 e. The van der Waals surface area contributed by atoms with Gasteiger partial charge in [0.25, 0.3) is 5.56 Å². The van der Waals surface area contributed by atoms with Crippen LogP contribution < -0.4 is 5.56 Å². The minimum absolute atomic E-state index is 0.144. The van der Waals surface area contributed by atoms with Crippen LogP contribution in [-0.4, -0.2) is 24.8 Å². The summed E-state index contributed by atoms with van der Waals surface area (Å²) in [5, 5.41) is 12.1. The highest BCUT2D eigenvalue weighted by Crippen LogP contribution is 2.24. The number of nitrogens with zero attached hydrogens (tertiary/aromatic N) is 3. The van der Waals surface area contributed by atoms with Gasteiger partial charge in [-0.3, -0.25) is 9.89 Å². The van der Waals surface area contributed by atoms with Crippen molar-refractivity contribution in [1.29, 1.82) is 0 Å². The van der Waals surface area contributed by atoms with E-state index in [0.717, 1.165) is 41.1 Å². The molecular weight excluding hydrogens is 350 g/mol. The molecule has 4 aromatic rings. The molecule has 0 amide bonds. The molecule has 6 nitrogen and oxygen atoms in total. The van der Waals surface area contributed by atoms with Crippen LogP contribution in [0.4, 0.5) is 0 Å². The van der Waals surface area contributed by atoms with Gasteiger partial charge in [0.05, 0.1) is 11.9 Å². The first-order chi connectivity index (χ1) is 12.5. The topological polar surface area (TPSA) is 78.8 Å². The maximum Gasteiger partial charge on any atom is 0.274 e. The van der Waals surface area contributed by atoms with E-state index >= 15 is 0 Å². The van der Waals surface area contributed by atoms with E-state index in [4.69, 9.17) is 11.6 Å². The van der Waals surface area contributed by atoms with Crippen LogP contribution in [0.3, 0.4) is 0 Å². The second kappa shape index (κ2) is 6.46. The molecule has 4 rings (SSSR count). The molecule has 0 aliphatic carbocycles. The number of hydrogen-bond acceptors (Lipinski definition) is 3. The van der Waals surface area contributed by atoms with E-state index in [2.05, 4.69) is 20.3 Å². The van der Waals surface area contributed by atoms with E-state index in [1.54, 1.807) is 12.3 Å². The summed E-state index contributed by atoms with van der Waals surface area (Å²) in [7, 11) is 0. The Morgan fingerprint density at radius 1 is 1.15 bits per heavy atom. The molecule has 132 valence electrons. The maximum atomic E-state index is 12.4. The lowest BCUT2D eigenvalue weighted by atomic mass is 10.1. The Hall–Kier alpha value is -2.86. The van der Waals surface area contributed by atoms with Crippen molar-refractivity contribution in [1.82, 2.24) is 24.8 Å². The van der Waals surface area contributed by atoms with E-state index in [-0.39, 0.29) is 5.56 Å². The fourth-order valence-corrected chi connectivity index (χ4v) is 3.34. The molecule has 0 saturated carbocycles. The minimum atomic E-state index is -0.144. The lowest BCUT2D eigenvalue weighted by Crippen LogP contribution is -2.16. The molecule has 0 aliphatic heterocycles. The molecule has 0 aliphatic rings. The Kier molecular flexibility index (Phi) is 4.12. The van der Waals surface area contributed by atoms with Crippen molar-refractivity contribution in [2.45, 2.75) is 26.7 Å². The quantitative estimate of drug-likeness (QED) is 0.579. The molecular formula is C19H18ClN5O. The van der Waals surface area contributed by atoms with Crippen LogP contribution in [0.1, 0.15) is 22.6 Å². The van der Waals surface area contributed by atoms with Gasteiger partial charge in [-0.15, -0.1) is 0 Å². The summed E-state index contributed by atoms with van der Waals surface area (Å²) >= 11 is 5.97. The summed E-state index contributed by atoms with van der Waals surface area (Å²) in [6.45, 7) is 4.00. The van der Waals surface area contributed by atoms with Gasteiger partial charge in [-0.1, -0.05) is 23.7 Å². The van der Waals surface area contributed by atoms with Crippen LogP contribution in [0, 0.1) is 13.8 Å². The smallest absolute Gasteiger partial charge is 0.274 e. The average molecular weight is 368 g/mol. The Morgan fingerprint density at radius 2 is 1.92 bits per heavy atom. The fourth-order valence-electron chi connectivity index (χ4n) is 3.21.